The highest BCUT2D eigenvalue weighted by molar-refractivity contribution is 6.00. The molecule has 0 radical (unpaired) electrons. The Morgan fingerprint density at radius 3 is 2.40 bits per heavy atom. The molecule has 0 saturated carbocycles. The minimum atomic E-state index is -1.54. The van der Waals surface area contributed by atoms with Gasteiger partial charge < -0.3 is 0 Å². The van der Waals surface area contributed by atoms with Crippen molar-refractivity contribution in [3.8, 4) is 0 Å². The number of allylic oxidation sites excluding steroid dienone is 1. The summed E-state index contributed by atoms with van der Waals surface area (Å²) < 4.78 is 13.8. The van der Waals surface area contributed by atoms with E-state index in [9.17, 15) is 9.18 Å². The predicted octanol–water partition coefficient (Wildman–Crippen LogP) is 3.42. The number of ketones is 1. The molecule has 0 aliphatic rings. The van der Waals surface area contributed by atoms with Gasteiger partial charge in [-0.15, -0.1) is 6.58 Å². The number of carbonyl (C=O) groups excluding carboxylic acids is 1. The van der Waals surface area contributed by atoms with Gasteiger partial charge in [0.25, 0.3) is 0 Å². The van der Waals surface area contributed by atoms with Crippen molar-refractivity contribution in [2.45, 2.75) is 20.0 Å². The quantitative estimate of drug-likeness (QED) is 0.545. The van der Waals surface area contributed by atoms with Crippen LogP contribution in [0.4, 0.5) is 4.39 Å². The fourth-order valence-electron chi connectivity index (χ4n) is 1.19. The number of rotatable bonds is 4. The fraction of sp³-hybridized carbons (Fsp3) is 0.308. The van der Waals surface area contributed by atoms with Gasteiger partial charge in [0.1, 0.15) is 0 Å². The summed E-state index contributed by atoms with van der Waals surface area (Å²) in [6.07, 6.45) is -0.0733. The number of Topliss-reactive ketones (excluding diaryl/α,β-unsaturated/α-hetero) is 1. The highest BCUT2D eigenvalue weighted by Crippen LogP contribution is 2.27. The molecule has 0 saturated heterocycles. The predicted molar refractivity (Wildman–Crippen MR) is 59.6 cm³/mol. The summed E-state index contributed by atoms with van der Waals surface area (Å²) in [7, 11) is 0. The van der Waals surface area contributed by atoms with Crippen molar-refractivity contribution in [1.29, 1.82) is 0 Å². The minimum Gasteiger partial charge on any atom is -0.291 e. The molecule has 1 rings (SSSR count). The van der Waals surface area contributed by atoms with Crippen LogP contribution in [0.3, 0.4) is 0 Å². The zero-order chi connectivity index (χ0) is 11.5. The molecule has 1 aromatic rings. The van der Waals surface area contributed by atoms with E-state index in [1.807, 2.05) is 0 Å². The number of hydrogen-bond donors (Lipinski definition) is 0. The monoisotopic (exact) mass is 206 g/mol. The van der Waals surface area contributed by atoms with E-state index in [1.165, 1.54) is 6.08 Å². The first kappa shape index (κ1) is 11.6. The fourth-order valence-corrected chi connectivity index (χ4v) is 1.19. The van der Waals surface area contributed by atoms with E-state index in [2.05, 4.69) is 6.58 Å². The summed E-state index contributed by atoms with van der Waals surface area (Å²) >= 11 is 0. The van der Waals surface area contributed by atoms with Crippen molar-refractivity contribution in [2.24, 2.45) is 5.41 Å². The Hall–Kier alpha value is -1.44. The molecule has 15 heavy (non-hydrogen) atoms. The molecule has 0 aromatic heterocycles. The van der Waals surface area contributed by atoms with Crippen molar-refractivity contribution in [3.05, 3.63) is 48.6 Å². The Balaban J connectivity index is 2.92. The number of alkyl halides is 1. The molecule has 1 aromatic carbocycles. The molecule has 0 bridgehead atoms. The molecule has 1 atom stereocenters. The molecule has 0 fully saturated rings. The van der Waals surface area contributed by atoms with Gasteiger partial charge in [0.05, 0.1) is 0 Å². The lowest BCUT2D eigenvalue weighted by molar-refractivity contribution is 0.0768. The van der Waals surface area contributed by atoms with Gasteiger partial charge in [0.2, 0.25) is 0 Å². The van der Waals surface area contributed by atoms with Crippen molar-refractivity contribution >= 4 is 5.78 Å². The maximum absolute atomic E-state index is 13.8. The molecular weight excluding hydrogens is 191 g/mol. The normalized spacial score (nSPS) is 13.3. The third-order valence-electron chi connectivity index (χ3n) is 2.47. The SMILES string of the molecule is C=CC(C)(C)C(F)C(=O)c1ccccc1. The number of halogens is 1. The van der Waals surface area contributed by atoms with Gasteiger partial charge in [-0.25, -0.2) is 4.39 Å². The largest absolute Gasteiger partial charge is 0.291 e. The second-order valence-electron chi connectivity index (χ2n) is 4.12. The van der Waals surface area contributed by atoms with E-state index in [0.717, 1.165) is 0 Å². The topological polar surface area (TPSA) is 17.1 Å². The summed E-state index contributed by atoms with van der Waals surface area (Å²) in [5.74, 6) is -0.486. The highest BCUT2D eigenvalue weighted by Gasteiger charge is 2.33. The smallest absolute Gasteiger partial charge is 0.197 e. The third kappa shape index (κ3) is 2.52. The van der Waals surface area contributed by atoms with Crippen LogP contribution >= 0.6 is 0 Å². The Labute approximate surface area is 89.6 Å². The second-order valence-corrected chi connectivity index (χ2v) is 4.12. The van der Waals surface area contributed by atoms with Gasteiger partial charge in [-0.05, 0) is 0 Å². The second kappa shape index (κ2) is 4.39. The van der Waals surface area contributed by atoms with Gasteiger partial charge in [-0.3, -0.25) is 4.79 Å². The molecule has 0 amide bonds. The van der Waals surface area contributed by atoms with Crippen LogP contribution in [-0.2, 0) is 0 Å². The van der Waals surface area contributed by atoms with Crippen LogP contribution in [-0.4, -0.2) is 12.0 Å². The molecule has 0 heterocycles. The highest BCUT2D eigenvalue weighted by atomic mass is 19.1. The zero-order valence-electron chi connectivity index (χ0n) is 9.03. The molecule has 0 aliphatic heterocycles. The minimum absolute atomic E-state index is 0.403. The number of carbonyl (C=O) groups is 1. The van der Waals surface area contributed by atoms with Gasteiger partial charge in [0.15, 0.2) is 12.0 Å². The molecule has 2 heteroatoms. The molecule has 80 valence electrons. The first-order chi connectivity index (χ1) is 6.99. The van der Waals surface area contributed by atoms with Crippen LogP contribution in [0.2, 0.25) is 0 Å². The van der Waals surface area contributed by atoms with Crippen LogP contribution in [0, 0.1) is 5.41 Å². The number of hydrogen-bond acceptors (Lipinski definition) is 1. The van der Waals surface area contributed by atoms with Crippen LogP contribution in [0.5, 0.6) is 0 Å². The molecule has 0 spiro atoms. The first-order valence-corrected chi connectivity index (χ1v) is 4.86. The summed E-state index contributed by atoms with van der Waals surface area (Å²) in [6.45, 7) is 6.85. The first-order valence-electron chi connectivity index (χ1n) is 4.86. The van der Waals surface area contributed by atoms with Crippen LogP contribution < -0.4 is 0 Å². The van der Waals surface area contributed by atoms with Crippen molar-refractivity contribution in [1.82, 2.24) is 0 Å². The lowest BCUT2D eigenvalue weighted by Gasteiger charge is -2.23. The Morgan fingerprint density at radius 1 is 1.40 bits per heavy atom. The Kier molecular flexibility index (Phi) is 3.40. The van der Waals surface area contributed by atoms with E-state index >= 15 is 0 Å². The van der Waals surface area contributed by atoms with Crippen molar-refractivity contribution < 1.29 is 9.18 Å². The van der Waals surface area contributed by atoms with E-state index < -0.39 is 17.4 Å². The van der Waals surface area contributed by atoms with Gasteiger partial charge in [0, 0.05) is 11.0 Å². The van der Waals surface area contributed by atoms with Gasteiger partial charge in [-0.1, -0.05) is 50.3 Å². The lowest BCUT2D eigenvalue weighted by atomic mass is 9.84. The van der Waals surface area contributed by atoms with E-state index in [-0.39, 0.29) is 0 Å². The summed E-state index contributed by atoms with van der Waals surface area (Å²) in [4.78, 5) is 11.7. The summed E-state index contributed by atoms with van der Waals surface area (Å²) in [5.41, 5.74) is -0.424. The average molecular weight is 206 g/mol. The van der Waals surface area contributed by atoms with Crippen molar-refractivity contribution in [2.75, 3.05) is 0 Å². The Bertz CT molecular complexity index is 354. The van der Waals surface area contributed by atoms with Crippen LogP contribution in [0.15, 0.2) is 43.0 Å². The lowest BCUT2D eigenvalue weighted by Crippen LogP contribution is -2.31. The standard InChI is InChI=1S/C13H15FO/c1-4-13(2,3)12(14)11(15)10-8-6-5-7-9-10/h4-9,12H,1H2,2-3H3. The van der Waals surface area contributed by atoms with Gasteiger partial charge >= 0.3 is 0 Å². The molecule has 1 nitrogen and oxygen atoms in total. The molecule has 0 N–H and O–H groups in total. The van der Waals surface area contributed by atoms with E-state index in [1.54, 1.807) is 44.2 Å². The van der Waals surface area contributed by atoms with Gasteiger partial charge in [-0.2, -0.15) is 0 Å². The summed E-state index contributed by atoms with van der Waals surface area (Å²) in [6, 6.07) is 8.48. The molecular formula is C13H15FO. The molecule has 0 aliphatic carbocycles. The van der Waals surface area contributed by atoms with Crippen LogP contribution in [0.1, 0.15) is 24.2 Å². The maximum atomic E-state index is 13.8. The third-order valence-corrected chi connectivity index (χ3v) is 2.47. The van der Waals surface area contributed by atoms with Crippen LogP contribution in [0.25, 0.3) is 0 Å². The average Bonchev–Trinajstić information content (AvgIpc) is 2.28. The summed E-state index contributed by atoms with van der Waals surface area (Å²) in [5, 5.41) is 0. The molecule has 1 unspecified atom stereocenters. The van der Waals surface area contributed by atoms with Crippen molar-refractivity contribution in [3.63, 3.8) is 0 Å². The zero-order valence-corrected chi connectivity index (χ0v) is 9.03. The Morgan fingerprint density at radius 2 is 1.93 bits per heavy atom. The van der Waals surface area contributed by atoms with E-state index in [0.29, 0.717) is 5.56 Å². The van der Waals surface area contributed by atoms with E-state index in [4.69, 9.17) is 0 Å². The number of benzene rings is 1. The maximum Gasteiger partial charge on any atom is 0.197 e.